The first kappa shape index (κ1) is 27.0. The number of aliphatic hydroxyl groups is 1. The molecule has 5 nitrogen and oxygen atoms in total. The number of carbonyl (C=O) groups excluding carboxylic acids is 1. The highest BCUT2D eigenvalue weighted by Crippen LogP contribution is 2.34. The van der Waals surface area contributed by atoms with Crippen LogP contribution in [0.15, 0.2) is 42.5 Å². The molecule has 0 saturated carbocycles. The molecule has 3 atom stereocenters. The third-order valence-corrected chi connectivity index (χ3v) is 6.40. The van der Waals surface area contributed by atoms with Gasteiger partial charge in [-0.25, -0.2) is 0 Å². The summed E-state index contributed by atoms with van der Waals surface area (Å²) in [6.07, 6.45) is 7.84. The molecule has 1 aromatic rings. The summed E-state index contributed by atoms with van der Waals surface area (Å²) in [7, 11) is 0. The van der Waals surface area contributed by atoms with Crippen LogP contribution < -0.4 is 0 Å². The molecular formula is C26H37F2NO4. The van der Waals surface area contributed by atoms with Gasteiger partial charge in [0.05, 0.1) is 12.1 Å². The molecule has 184 valence electrons. The number of alkyl halides is 2. The predicted octanol–water partition coefficient (Wildman–Crippen LogP) is 5.22. The van der Waals surface area contributed by atoms with Crippen molar-refractivity contribution in [1.29, 1.82) is 0 Å². The average molecular weight is 466 g/mol. The number of rotatable bonds is 15. The van der Waals surface area contributed by atoms with Gasteiger partial charge < -0.3 is 15.1 Å². The highest BCUT2D eigenvalue weighted by Gasteiger charge is 2.52. The molecule has 1 aromatic carbocycles. The first-order valence-electron chi connectivity index (χ1n) is 12.1. The normalized spacial score (nSPS) is 19.8. The molecule has 1 amide bonds. The van der Waals surface area contributed by atoms with Gasteiger partial charge in [-0.2, -0.15) is 8.78 Å². The van der Waals surface area contributed by atoms with E-state index in [0.29, 0.717) is 25.7 Å². The topological polar surface area (TPSA) is 77.8 Å². The molecule has 2 N–H and O–H groups in total. The van der Waals surface area contributed by atoms with Gasteiger partial charge in [0.2, 0.25) is 0 Å². The fourth-order valence-electron chi connectivity index (χ4n) is 4.40. The molecule has 1 unspecified atom stereocenters. The van der Waals surface area contributed by atoms with Crippen molar-refractivity contribution in [2.24, 2.45) is 5.92 Å². The van der Waals surface area contributed by atoms with Crippen molar-refractivity contribution in [2.45, 2.75) is 89.2 Å². The maximum Gasteiger partial charge on any atom is 0.327 e. The Labute approximate surface area is 195 Å². The van der Waals surface area contributed by atoms with Gasteiger partial charge in [-0.05, 0) is 43.6 Å². The van der Waals surface area contributed by atoms with Crippen LogP contribution in [0.4, 0.5) is 8.78 Å². The van der Waals surface area contributed by atoms with Crippen LogP contribution in [0.3, 0.4) is 0 Å². The van der Waals surface area contributed by atoms with Crippen LogP contribution in [0, 0.1) is 5.92 Å². The number of carbonyl (C=O) groups is 2. The molecule has 0 spiro atoms. The zero-order valence-corrected chi connectivity index (χ0v) is 19.5. The van der Waals surface area contributed by atoms with Crippen molar-refractivity contribution in [3.8, 4) is 0 Å². The number of carboxylic acids is 1. The van der Waals surface area contributed by atoms with Gasteiger partial charge in [0.25, 0.3) is 5.91 Å². The number of carboxylic acid groups (broad SMARTS) is 1. The summed E-state index contributed by atoms with van der Waals surface area (Å²) in [4.78, 5) is 23.9. The number of unbranched alkanes of at least 4 members (excludes halogenated alkanes) is 3. The number of hydrogen-bond acceptors (Lipinski definition) is 3. The Hall–Kier alpha value is -2.28. The summed E-state index contributed by atoms with van der Waals surface area (Å²) >= 11 is 0. The van der Waals surface area contributed by atoms with E-state index >= 15 is 0 Å². The Morgan fingerprint density at radius 1 is 1.18 bits per heavy atom. The molecule has 2 rings (SSSR count). The van der Waals surface area contributed by atoms with Gasteiger partial charge in [0.1, 0.15) is 0 Å². The second kappa shape index (κ2) is 13.4. The predicted molar refractivity (Wildman–Crippen MR) is 124 cm³/mol. The Morgan fingerprint density at radius 2 is 1.88 bits per heavy atom. The third-order valence-electron chi connectivity index (χ3n) is 6.40. The number of hydrogen-bond donors (Lipinski definition) is 2. The van der Waals surface area contributed by atoms with Crippen LogP contribution in [0.25, 0.3) is 0 Å². The Balaban J connectivity index is 1.85. The maximum atomic E-state index is 14.1. The van der Waals surface area contributed by atoms with Crippen LogP contribution in [0.2, 0.25) is 0 Å². The molecule has 0 aromatic heterocycles. The Kier molecular flexibility index (Phi) is 11.0. The number of aryl methyl sites for hydroxylation is 1. The van der Waals surface area contributed by atoms with Crippen LogP contribution in [-0.4, -0.2) is 51.6 Å². The Morgan fingerprint density at radius 3 is 2.55 bits per heavy atom. The first-order chi connectivity index (χ1) is 15.7. The monoisotopic (exact) mass is 465 g/mol. The van der Waals surface area contributed by atoms with Crippen LogP contribution in [0.5, 0.6) is 0 Å². The summed E-state index contributed by atoms with van der Waals surface area (Å²) in [6.45, 7) is 2.22. The number of nitrogens with zero attached hydrogens (tertiary/aromatic N) is 1. The van der Waals surface area contributed by atoms with Gasteiger partial charge in [-0.15, -0.1) is 0 Å². The summed E-state index contributed by atoms with van der Waals surface area (Å²) in [5.74, 6) is -5.36. The van der Waals surface area contributed by atoms with E-state index in [0.717, 1.165) is 25.7 Å². The molecule has 1 heterocycles. The first-order valence-corrected chi connectivity index (χ1v) is 12.1. The SMILES string of the molecule is CC[C@@H](CCCc1ccccc1)[C@H](O)C=CC1CC(F)(F)C(=O)N1CCCCCCC(=O)O. The fraction of sp³-hybridized carbons (Fsp3) is 0.615. The molecule has 1 fully saturated rings. The second-order valence-electron chi connectivity index (χ2n) is 8.95. The van der Waals surface area contributed by atoms with E-state index in [1.165, 1.54) is 10.5 Å². The number of likely N-dealkylation sites (tertiary alicyclic amines) is 1. The standard InChI is InChI=1S/C26H37F2NO4/c1-2-21(14-10-13-20-11-6-5-7-12-20)23(30)17-16-22-19-26(27,28)25(33)29(22)18-9-4-3-8-15-24(31)32/h5-7,11-12,16-17,21-23,30H,2-4,8-10,13-15,18-19H2,1H3,(H,31,32)/t21-,22?,23+/m0/s1. The van der Waals surface area contributed by atoms with E-state index in [2.05, 4.69) is 12.1 Å². The fourth-order valence-corrected chi connectivity index (χ4v) is 4.40. The number of aliphatic carboxylic acids is 1. The summed E-state index contributed by atoms with van der Waals surface area (Å²) in [6, 6.07) is 9.41. The highest BCUT2D eigenvalue weighted by molar-refractivity contribution is 5.86. The molecule has 1 aliphatic rings. The summed E-state index contributed by atoms with van der Waals surface area (Å²) in [5, 5.41) is 19.3. The van der Waals surface area contributed by atoms with E-state index in [4.69, 9.17) is 5.11 Å². The third kappa shape index (κ3) is 8.88. The number of amides is 1. The quantitative estimate of drug-likeness (QED) is 0.275. The minimum absolute atomic E-state index is 0.0327. The lowest BCUT2D eigenvalue weighted by molar-refractivity contribution is -0.148. The van der Waals surface area contributed by atoms with Crippen molar-refractivity contribution in [1.82, 2.24) is 4.90 Å². The molecule has 1 aliphatic heterocycles. The second-order valence-corrected chi connectivity index (χ2v) is 8.95. The van der Waals surface area contributed by atoms with E-state index in [-0.39, 0.29) is 18.9 Å². The Bertz CT molecular complexity index is 769. The zero-order valence-electron chi connectivity index (χ0n) is 19.5. The molecule has 0 aliphatic carbocycles. The van der Waals surface area contributed by atoms with Crippen LogP contribution in [-0.2, 0) is 16.0 Å². The van der Waals surface area contributed by atoms with Crippen molar-refractivity contribution in [3.05, 3.63) is 48.0 Å². The van der Waals surface area contributed by atoms with Gasteiger partial charge in [-0.3, -0.25) is 9.59 Å². The van der Waals surface area contributed by atoms with Gasteiger partial charge in [-0.1, -0.05) is 68.7 Å². The molecule has 0 bridgehead atoms. The number of halogens is 2. The zero-order chi connectivity index (χ0) is 24.3. The molecular weight excluding hydrogens is 428 g/mol. The van der Waals surface area contributed by atoms with Crippen molar-refractivity contribution >= 4 is 11.9 Å². The lowest BCUT2D eigenvalue weighted by atomic mass is 9.91. The van der Waals surface area contributed by atoms with Crippen molar-refractivity contribution in [3.63, 3.8) is 0 Å². The van der Waals surface area contributed by atoms with Crippen molar-refractivity contribution < 1.29 is 28.6 Å². The maximum absolute atomic E-state index is 14.1. The van der Waals surface area contributed by atoms with Crippen LogP contribution in [0.1, 0.15) is 70.3 Å². The van der Waals surface area contributed by atoms with Crippen LogP contribution >= 0.6 is 0 Å². The molecule has 33 heavy (non-hydrogen) atoms. The number of benzene rings is 1. The van der Waals surface area contributed by atoms with Crippen molar-refractivity contribution in [2.75, 3.05) is 6.54 Å². The molecule has 0 radical (unpaired) electrons. The van der Waals surface area contributed by atoms with Gasteiger partial charge in [0, 0.05) is 19.4 Å². The van der Waals surface area contributed by atoms with E-state index in [1.54, 1.807) is 12.2 Å². The van der Waals surface area contributed by atoms with Gasteiger partial charge >= 0.3 is 11.9 Å². The minimum atomic E-state index is -3.39. The van der Waals surface area contributed by atoms with Gasteiger partial charge in [0.15, 0.2) is 0 Å². The highest BCUT2D eigenvalue weighted by atomic mass is 19.3. The summed E-state index contributed by atoms with van der Waals surface area (Å²) in [5.41, 5.74) is 1.25. The number of aliphatic hydroxyl groups excluding tert-OH is 1. The average Bonchev–Trinajstić information content (AvgIpc) is 3.00. The summed E-state index contributed by atoms with van der Waals surface area (Å²) < 4.78 is 28.2. The van der Waals surface area contributed by atoms with E-state index in [1.807, 2.05) is 25.1 Å². The smallest absolute Gasteiger partial charge is 0.327 e. The molecule has 7 heteroatoms. The minimum Gasteiger partial charge on any atom is -0.481 e. The lowest BCUT2D eigenvalue weighted by Crippen LogP contribution is -2.36. The largest absolute Gasteiger partial charge is 0.481 e. The van der Waals surface area contributed by atoms with E-state index < -0.39 is 36.4 Å². The van der Waals surface area contributed by atoms with E-state index in [9.17, 15) is 23.5 Å². The molecule has 1 saturated heterocycles. The lowest BCUT2D eigenvalue weighted by Gasteiger charge is -2.23.